The van der Waals surface area contributed by atoms with Crippen molar-refractivity contribution in [2.75, 3.05) is 14.2 Å². The molecule has 0 unspecified atom stereocenters. The van der Waals surface area contributed by atoms with Crippen LogP contribution in [0.15, 0.2) is 24.5 Å². The van der Waals surface area contributed by atoms with Gasteiger partial charge in [-0.1, -0.05) is 17.7 Å². The van der Waals surface area contributed by atoms with Gasteiger partial charge in [-0.25, -0.2) is 4.98 Å². The van der Waals surface area contributed by atoms with Gasteiger partial charge in [0.2, 0.25) is 5.88 Å². The first-order chi connectivity index (χ1) is 10.1. The highest BCUT2D eigenvalue weighted by molar-refractivity contribution is 6.33. The number of amides is 1. The molecule has 0 aliphatic heterocycles. The van der Waals surface area contributed by atoms with E-state index in [9.17, 15) is 4.79 Å². The molecule has 2 heterocycles. The highest BCUT2D eigenvalue weighted by Gasteiger charge is 2.20. The molecule has 0 aromatic carbocycles. The fraction of sp³-hybridized carbons (Fsp3) is 0.357. The topological polar surface area (TPSA) is 60.2 Å². The van der Waals surface area contributed by atoms with E-state index >= 15 is 0 Å². The third-order valence-electron chi connectivity index (χ3n) is 3.04. The van der Waals surface area contributed by atoms with E-state index in [1.165, 1.54) is 4.90 Å². The van der Waals surface area contributed by atoms with E-state index in [4.69, 9.17) is 16.3 Å². The summed E-state index contributed by atoms with van der Waals surface area (Å²) in [5.74, 6) is 0.264. The number of carbonyl (C=O) groups is 1. The monoisotopic (exact) mass is 308 g/mol. The van der Waals surface area contributed by atoms with Crippen molar-refractivity contribution in [2.45, 2.75) is 20.0 Å². The highest BCUT2D eigenvalue weighted by Crippen LogP contribution is 2.19. The summed E-state index contributed by atoms with van der Waals surface area (Å²) in [4.78, 5) is 18.0. The maximum Gasteiger partial charge on any atom is 0.275 e. The molecule has 6 nitrogen and oxygen atoms in total. The Bertz CT molecular complexity index is 642. The van der Waals surface area contributed by atoms with Crippen LogP contribution in [-0.4, -0.2) is 39.7 Å². The molecule has 0 spiro atoms. The number of halogens is 1. The predicted molar refractivity (Wildman–Crippen MR) is 79.5 cm³/mol. The second-order valence-corrected chi connectivity index (χ2v) is 4.92. The van der Waals surface area contributed by atoms with Gasteiger partial charge in [-0.15, -0.1) is 0 Å². The molecular formula is C14H17ClN4O2. The number of aryl methyl sites for hydroxylation is 1. The molecule has 0 saturated heterocycles. The summed E-state index contributed by atoms with van der Waals surface area (Å²) in [6.07, 6.45) is 3.29. The fourth-order valence-corrected chi connectivity index (χ4v) is 2.17. The first-order valence-corrected chi connectivity index (χ1v) is 6.91. The molecule has 0 aliphatic rings. The number of hydrogen-bond donors (Lipinski definition) is 0. The lowest BCUT2D eigenvalue weighted by Crippen LogP contribution is -2.27. The molecule has 0 N–H and O–H groups in total. The van der Waals surface area contributed by atoms with Crippen molar-refractivity contribution in [1.82, 2.24) is 19.7 Å². The molecule has 0 bridgehead atoms. The van der Waals surface area contributed by atoms with Gasteiger partial charge in [0.1, 0.15) is 0 Å². The van der Waals surface area contributed by atoms with E-state index < -0.39 is 0 Å². The number of pyridine rings is 1. The number of ether oxygens (including phenoxy) is 1. The second-order valence-electron chi connectivity index (χ2n) is 4.51. The Morgan fingerprint density at radius 1 is 1.52 bits per heavy atom. The normalized spacial score (nSPS) is 10.5. The van der Waals surface area contributed by atoms with Crippen molar-refractivity contribution in [3.05, 3.63) is 40.8 Å². The molecule has 21 heavy (non-hydrogen) atoms. The van der Waals surface area contributed by atoms with E-state index in [0.717, 1.165) is 5.56 Å². The minimum Gasteiger partial charge on any atom is -0.481 e. The Morgan fingerprint density at radius 3 is 2.90 bits per heavy atom. The van der Waals surface area contributed by atoms with Crippen LogP contribution in [0.5, 0.6) is 5.88 Å². The summed E-state index contributed by atoms with van der Waals surface area (Å²) in [6.45, 7) is 2.96. The number of hydrogen-bond acceptors (Lipinski definition) is 4. The molecule has 7 heteroatoms. The Kier molecular flexibility index (Phi) is 4.80. The van der Waals surface area contributed by atoms with Crippen LogP contribution < -0.4 is 4.74 Å². The first-order valence-electron chi connectivity index (χ1n) is 6.53. The van der Waals surface area contributed by atoms with Gasteiger partial charge in [0, 0.05) is 31.5 Å². The van der Waals surface area contributed by atoms with Gasteiger partial charge in [0.15, 0.2) is 5.69 Å². The average molecular weight is 309 g/mol. The molecule has 2 aromatic heterocycles. The Labute approximate surface area is 128 Å². The van der Waals surface area contributed by atoms with Crippen LogP contribution in [0.4, 0.5) is 0 Å². The van der Waals surface area contributed by atoms with Crippen LogP contribution in [-0.2, 0) is 13.1 Å². The predicted octanol–water partition coefficient (Wildman–Crippen LogP) is 2.23. The molecule has 112 valence electrons. The molecule has 1 amide bonds. The lowest BCUT2D eigenvalue weighted by atomic mass is 10.2. The van der Waals surface area contributed by atoms with E-state index in [1.54, 1.807) is 37.3 Å². The fourth-order valence-electron chi connectivity index (χ4n) is 1.94. The zero-order valence-corrected chi connectivity index (χ0v) is 13.0. The average Bonchev–Trinajstić information content (AvgIpc) is 2.88. The van der Waals surface area contributed by atoms with E-state index in [1.807, 2.05) is 13.0 Å². The molecule has 0 fully saturated rings. The number of nitrogens with zero attached hydrogens (tertiary/aromatic N) is 4. The Balaban J connectivity index is 2.17. The number of methoxy groups -OCH3 is 1. The minimum absolute atomic E-state index is 0.238. The van der Waals surface area contributed by atoms with E-state index in [-0.39, 0.29) is 11.6 Å². The third-order valence-corrected chi connectivity index (χ3v) is 3.32. The number of rotatable bonds is 5. The highest BCUT2D eigenvalue weighted by atomic mass is 35.5. The van der Waals surface area contributed by atoms with Gasteiger partial charge in [-0.2, -0.15) is 5.10 Å². The Morgan fingerprint density at radius 2 is 2.29 bits per heavy atom. The quantitative estimate of drug-likeness (QED) is 0.850. The van der Waals surface area contributed by atoms with Crippen LogP contribution in [0.1, 0.15) is 23.0 Å². The standard InChI is InChI=1S/C14H17ClN4O2/c1-4-19-9-11(15)12(17-19)14(20)18(2)8-10-6-5-7-16-13(10)21-3/h5-7,9H,4,8H2,1-3H3. The molecule has 2 aromatic rings. The minimum atomic E-state index is -0.238. The van der Waals surface area contributed by atoms with Gasteiger partial charge >= 0.3 is 0 Å². The van der Waals surface area contributed by atoms with Crippen LogP contribution in [0.3, 0.4) is 0 Å². The van der Waals surface area contributed by atoms with Crippen molar-refractivity contribution in [2.24, 2.45) is 0 Å². The number of aromatic nitrogens is 3. The molecule has 0 aliphatic carbocycles. The molecular weight excluding hydrogens is 292 g/mol. The van der Waals surface area contributed by atoms with Crippen LogP contribution >= 0.6 is 11.6 Å². The van der Waals surface area contributed by atoms with Crippen molar-refractivity contribution >= 4 is 17.5 Å². The smallest absolute Gasteiger partial charge is 0.275 e. The summed E-state index contributed by atoms with van der Waals surface area (Å²) in [6, 6.07) is 3.66. The van der Waals surface area contributed by atoms with Gasteiger partial charge in [-0.05, 0) is 13.0 Å². The van der Waals surface area contributed by atoms with Gasteiger partial charge in [-0.3, -0.25) is 9.48 Å². The maximum absolute atomic E-state index is 12.4. The lowest BCUT2D eigenvalue weighted by molar-refractivity contribution is 0.0777. The van der Waals surface area contributed by atoms with Crippen LogP contribution in [0.25, 0.3) is 0 Å². The van der Waals surface area contributed by atoms with E-state index in [0.29, 0.717) is 24.0 Å². The van der Waals surface area contributed by atoms with Gasteiger partial charge in [0.05, 0.1) is 18.7 Å². The summed E-state index contributed by atoms with van der Waals surface area (Å²) < 4.78 is 6.82. The van der Waals surface area contributed by atoms with Crippen molar-refractivity contribution < 1.29 is 9.53 Å². The number of carbonyl (C=O) groups excluding carboxylic acids is 1. The van der Waals surface area contributed by atoms with Gasteiger partial charge < -0.3 is 9.64 Å². The summed E-state index contributed by atoms with van der Waals surface area (Å²) in [7, 11) is 3.24. The second kappa shape index (κ2) is 6.58. The molecule has 2 rings (SSSR count). The zero-order valence-electron chi connectivity index (χ0n) is 12.2. The summed E-state index contributed by atoms with van der Waals surface area (Å²) >= 11 is 6.06. The van der Waals surface area contributed by atoms with Crippen LogP contribution in [0, 0.1) is 0 Å². The largest absolute Gasteiger partial charge is 0.481 e. The molecule has 0 radical (unpaired) electrons. The van der Waals surface area contributed by atoms with Crippen molar-refractivity contribution in [3.63, 3.8) is 0 Å². The third kappa shape index (κ3) is 3.33. The van der Waals surface area contributed by atoms with Crippen molar-refractivity contribution in [1.29, 1.82) is 0 Å². The zero-order chi connectivity index (χ0) is 15.4. The lowest BCUT2D eigenvalue weighted by Gasteiger charge is -2.17. The molecule has 0 saturated carbocycles. The van der Waals surface area contributed by atoms with E-state index in [2.05, 4.69) is 10.1 Å². The van der Waals surface area contributed by atoms with Crippen molar-refractivity contribution in [3.8, 4) is 5.88 Å². The molecule has 0 atom stereocenters. The van der Waals surface area contributed by atoms with Gasteiger partial charge in [0.25, 0.3) is 5.91 Å². The summed E-state index contributed by atoms with van der Waals surface area (Å²) in [5, 5.41) is 4.53. The first kappa shape index (κ1) is 15.3. The maximum atomic E-state index is 12.4. The summed E-state index contributed by atoms with van der Waals surface area (Å²) in [5.41, 5.74) is 1.07. The Hall–Kier alpha value is -2.08. The van der Waals surface area contributed by atoms with Crippen LogP contribution in [0.2, 0.25) is 5.02 Å². The SMILES string of the molecule is CCn1cc(Cl)c(C(=O)N(C)Cc2cccnc2OC)n1.